The van der Waals surface area contributed by atoms with E-state index in [-0.39, 0.29) is 31.2 Å². The number of benzene rings is 3. The Hall–Kier alpha value is -3.47. The number of carbonyl (C=O) groups is 1. The number of amides is 1. The Bertz CT molecular complexity index is 848. The molecule has 3 aromatic rings. The lowest BCUT2D eigenvalue weighted by Gasteiger charge is -2.23. The van der Waals surface area contributed by atoms with E-state index in [0.717, 1.165) is 5.56 Å². The summed E-state index contributed by atoms with van der Waals surface area (Å²) >= 11 is 0. The third-order valence-electron chi connectivity index (χ3n) is 4.17. The molecule has 3 aromatic carbocycles. The van der Waals surface area contributed by atoms with Gasteiger partial charge in [0, 0.05) is 11.1 Å². The van der Waals surface area contributed by atoms with E-state index in [1.54, 1.807) is 48.5 Å². The second-order valence-electron chi connectivity index (χ2n) is 6.15. The second-order valence-corrected chi connectivity index (χ2v) is 6.15. The van der Waals surface area contributed by atoms with Crippen molar-refractivity contribution in [1.29, 1.82) is 0 Å². The molecule has 0 saturated heterocycles. The van der Waals surface area contributed by atoms with Crippen molar-refractivity contribution in [2.24, 2.45) is 0 Å². The average Bonchev–Trinajstić information content (AvgIpc) is 2.69. The van der Waals surface area contributed by atoms with Crippen LogP contribution in [-0.2, 0) is 24.4 Å². The van der Waals surface area contributed by atoms with Crippen LogP contribution in [0.25, 0.3) is 0 Å². The number of aromatic hydroxyl groups is 2. The lowest BCUT2D eigenvalue weighted by Crippen LogP contribution is -2.30. The smallest absolute Gasteiger partial charge is 0.410 e. The van der Waals surface area contributed by atoms with E-state index >= 15 is 0 Å². The fourth-order valence-corrected chi connectivity index (χ4v) is 2.70. The van der Waals surface area contributed by atoms with Crippen LogP contribution in [0.1, 0.15) is 16.7 Å². The van der Waals surface area contributed by atoms with Gasteiger partial charge in [0.05, 0.1) is 13.1 Å². The van der Waals surface area contributed by atoms with Crippen molar-refractivity contribution in [3.8, 4) is 11.5 Å². The van der Waals surface area contributed by atoms with Gasteiger partial charge in [-0.2, -0.15) is 0 Å². The first kappa shape index (κ1) is 18.3. The molecule has 5 nitrogen and oxygen atoms in total. The molecule has 0 fully saturated rings. The van der Waals surface area contributed by atoms with Crippen LogP contribution in [0, 0.1) is 0 Å². The number of rotatable bonds is 6. The maximum Gasteiger partial charge on any atom is 0.410 e. The van der Waals surface area contributed by atoms with Gasteiger partial charge in [0.25, 0.3) is 0 Å². The molecular formula is C22H21NO4. The van der Waals surface area contributed by atoms with Gasteiger partial charge in [-0.05, 0) is 17.7 Å². The molecule has 0 aliphatic carbocycles. The highest BCUT2D eigenvalue weighted by Crippen LogP contribution is 2.23. The Kier molecular flexibility index (Phi) is 5.94. The Balaban J connectivity index is 1.77. The Morgan fingerprint density at radius 2 is 1.22 bits per heavy atom. The van der Waals surface area contributed by atoms with Crippen LogP contribution in [0.4, 0.5) is 4.79 Å². The maximum atomic E-state index is 12.7. The van der Waals surface area contributed by atoms with Gasteiger partial charge in [-0.3, -0.25) is 4.90 Å². The second kappa shape index (κ2) is 8.76. The predicted molar refractivity (Wildman–Crippen MR) is 102 cm³/mol. The Labute approximate surface area is 158 Å². The van der Waals surface area contributed by atoms with Crippen LogP contribution in [0.5, 0.6) is 11.5 Å². The summed E-state index contributed by atoms with van der Waals surface area (Å²) in [7, 11) is 0. The molecule has 0 aromatic heterocycles. The summed E-state index contributed by atoms with van der Waals surface area (Å²) in [6.07, 6.45) is -0.523. The topological polar surface area (TPSA) is 70.0 Å². The minimum absolute atomic E-state index is 0.107. The van der Waals surface area contributed by atoms with Gasteiger partial charge in [-0.15, -0.1) is 0 Å². The molecule has 5 heteroatoms. The molecule has 0 aliphatic rings. The van der Waals surface area contributed by atoms with E-state index in [1.165, 1.54) is 4.90 Å². The standard InChI is InChI=1S/C22H21NO4/c24-20-12-6-4-10-18(20)14-23(15-19-11-5-7-13-21(19)25)22(26)27-16-17-8-2-1-3-9-17/h1-13,24-25H,14-16H2. The first-order valence-corrected chi connectivity index (χ1v) is 8.63. The summed E-state index contributed by atoms with van der Waals surface area (Å²) in [6, 6.07) is 23.1. The highest BCUT2D eigenvalue weighted by Gasteiger charge is 2.19. The van der Waals surface area contributed by atoms with Crippen molar-refractivity contribution < 1.29 is 19.7 Å². The summed E-state index contributed by atoms with van der Waals surface area (Å²) in [5.41, 5.74) is 2.09. The monoisotopic (exact) mass is 363 g/mol. The van der Waals surface area contributed by atoms with Gasteiger partial charge in [0.15, 0.2) is 0 Å². The van der Waals surface area contributed by atoms with Crippen LogP contribution in [-0.4, -0.2) is 21.2 Å². The van der Waals surface area contributed by atoms with Gasteiger partial charge in [0.2, 0.25) is 0 Å². The third-order valence-corrected chi connectivity index (χ3v) is 4.17. The minimum atomic E-state index is -0.523. The molecule has 138 valence electrons. The van der Waals surface area contributed by atoms with Crippen molar-refractivity contribution in [2.45, 2.75) is 19.7 Å². The number of phenolic OH excluding ortho intramolecular Hbond substituents is 2. The van der Waals surface area contributed by atoms with Crippen molar-refractivity contribution in [1.82, 2.24) is 4.90 Å². The van der Waals surface area contributed by atoms with Crippen molar-refractivity contribution in [3.63, 3.8) is 0 Å². The number of para-hydroxylation sites is 2. The summed E-state index contributed by atoms with van der Waals surface area (Å²) in [6.45, 7) is 0.473. The quantitative estimate of drug-likeness (QED) is 0.679. The molecule has 0 atom stereocenters. The van der Waals surface area contributed by atoms with E-state index in [9.17, 15) is 15.0 Å². The highest BCUT2D eigenvalue weighted by molar-refractivity contribution is 5.68. The molecule has 3 rings (SSSR count). The molecule has 2 N–H and O–H groups in total. The van der Waals surface area contributed by atoms with E-state index in [4.69, 9.17) is 4.74 Å². The minimum Gasteiger partial charge on any atom is -0.508 e. The summed E-state index contributed by atoms with van der Waals surface area (Å²) < 4.78 is 5.44. The largest absolute Gasteiger partial charge is 0.508 e. The Morgan fingerprint density at radius 3 is 1.74 bits per heavy atom. The third kappa shape index (κ3) is 5.01. The van der Waals surface area contributed by atoms with E-state index in [0.29, 0.717) is 11.1 Å². The predicted octanol–water partition coefficient (Wildman–Crippen LogP) is 4.44. The molecule has 0 saturated carbocycles. The lowest BCUT2D eigenvalue weighted by atomic mass is 10.1. The van der Waals surface area contributed by atoms with Crippen molar-refractivity contribution >= 4 is 6.09 Å². The van der Waals surface area contributed by atoms with E-state index < -0.39 is 6.09 Å². The van der Waals surface area contributed by atoms with Crippen LogP contribution < -0.4 is 0 Å². The number of phenols is 2. The lowest BCUT2D eigenvalue weighted by molar-refractivity contribution is 0.0905. The Morgan fingerprint density at radius 1 is 0.741 bits per heavy atom. The fraction of sp³-hybridized carbons (Fsp3) is 0.136. The van der Waals surface area contributed by atoms with Crippen molar-refractivity contribution in [3.05, 3.63) is 95.6 Å². The molecule has 27 heavy (non-hydrogen) atoms. The molecule has 1 amide bonds. The van der Waals surface area contributed by atoms with Gasteiger partial charge < -0.3 is 14.9 Å². The van der Waals surface area contributed by atoms with Gasteiger partial charge in [-0.25, -0.2) is 4.79 Å². The SMILES string of the molecule is O=C(OCc1ccccc1)N(Cc1ccccc1O)Cc1ccccc1O. The van der Waals surface area contributed by atoms with Crippen LogP contribution >= 0.6 is 0 Å². The zero-order valence-electron chi connectivity index (χ0n) is 14.8. The zero-order chi connectivity index (χ0) is 19.1. The first-order valence-electron chi connectivity index (χ1n) is 8.63. The van der Waals surface area contributed by atoms with Crippen molar-refractivity contribution in [2.75, 3.05) is 0 Å². The first-order chi connectivity index (χ1) is 13.1. The van der Waals surface area contributed by atoms with Crippen LogP contribution in [0.3, 0.4) is 0 Å². The van der Waals surface area contributed by atoms with Crippen LogP contribution in [0.2, 0.25) is 0 Å². The molecule has 0 aliphatic heterocycles. The number of hydrogen-bond acceptors (Lipinski definition) is 4. The number of carbonyl (C=O) groups excluding carboxylic acids is 1. The van der Waals surface area contributed by atoms with E-state index in [2.05, 4.69) is 0 Å². The van der Waals surface area contributed by atoms with Gasteiger partial charge in [-0.1, -0.05) is 66.7 Å². The van der Waals surface area contributed by atoms with E-state index in [1.807, 2.05) is 30.3 Å². The van der Waals surface area contributed by atoms with Crippen LogP contribution in [0.15, 0.2) is 78.9 Å². The normalized spacial score (nSPS) is 10.4. The molecule has 0 radical (unpaired) electrons. The summed E-state index contributed by atoms with van der Waals surface area (Å²) in [5.74, 6) is 0.214. The summed E-state index contributed by atoms with van der Waals surface area (Å²) in [4.78, 5) is 14.1. The number of ether oxygens (including phenoxy) is 1. The van der Waals surface area contributed by atoms with Gasteiger partial charge in [0.1, 0.15) is 18.1 Å². The fourth-order valence-electron chi connectivity index (χ4n) is 2.70. The molecular weight excluding hydrogens is 342 g/mol. The molecule has 0 spiro atoms. The highest BCUT2D eigenvalue weighted by atomic mass is 16.6. The van der Waals surface area contributed by atoms with Gasteiger partial charge >= 0.3 is 6.09 Å². The molecule has 0 unspecified atom stereocenters. The summed E-state index contributed by atoms with van der Waals surface area (Å²) in [5, 5.41) is 20.1. The molecule has 0 heterocycles. The zero-order valence-corrected chi connectivity index (χ0v) is 14.8. The molecule has 0 bridgehead atoms. The number of hydrogen-bond donors (Lipinski definition) is 2. The maximum absolute atomic E-state index is 12.7. The number of nitrogens with zero attached hydrogens (tertiary/aromatic N) is 1. The average molecular weight is 363 g/mol.